The van der Waals surface area contributed by atoms with E-state index in [-0.39, 0.29) is 0 Å². The number of allylic oxidation sites excluding steroid dienone is 7. The topological polar surface area (TPSA) is 57.5 Å². The Morgan fingerprint density at radius 3 is 2.50 bits per heavy atom. The summed E-state index contributed by atoms with van der Waals surface area (Å²) in [6, 6.07) is 0. The predicted molar refractivity (Wildman–Crippen MR) is 90.6 cm³/mol. The molecule has 0 unspecified atom stereocenters. The van der Waals surface area contributed by atoms with Gasteiger partial charge in [0.2, 0.25) is 0 Å². The molecule has 0 heterocycles. The number of hydrogen-bond acceptors (Lipinski definition) is 2. The maximum Gasteiger partial charge on any atom is 0.328 e. The highest BCUT2D eigenvalue weighted by molar-refractivity contribution is 5.81. The van der Waals surface area contributed by atoms with Crippen LogP contribution in [0.15, 0.2) is 58.7 Å². The molecule has 2 N–H and O–H groups in total. The Morgan fingerprint density at radius 1 is 1.23 bits per heavy atom. The van der Waals surface area contributed by atoms with E-state index in [9.17, 15) is 9.90 Å². The van der Waals surface area contributed by atoms with E-state index >= 15 is 0 Å². The average molecular weight is 302 g/mol. The highest BCUT2D eigenvalue weighted by atomic mass is 16.4. The van der Waals surface area contributed by atoms with E-state index < -0.39 is 11.6 Å². The highest BCUT2D eigenvalue weighted by Crippen LogP contribution is 2.34. The van der Waals surface area contributed by atoms with Crippen molar-refractivity contribution in [3.05, 3.63) is 58.7 Å². The van der Waals surface area contributed by atoms with Crippen molar-refractivity contribution in [2.45, 2.75) is 52.6 Å². The molecule has 0 saturated carbocycles. The molecular weight excluding hydrogens is 276 g/mol. The van der Waals surface area contributed by atoms with Gasteiger partial charge in [0.1, 0.15) is 0 Å². The minimum atomic E-state index is -0.940. The van der Waals surface area contributed by atoms with Gasteiger partial charge in [-0.25, -0.2) is 4.79 Å². The van der Waals surface area contributed by atoms with Crippen molar-refractivity contribution >= 4 is 5.97 Å². The summed E-state index contributed by atoms with van der Waals surface area (Å²) in [5, 5.41) is 19.1. The zero-order chi connectivity index (χ0) is 16.8. The van der Waals surface area contributed by atoms with Crippen LogP contribution in [0.2, 0.25) is 0 Å². The van der Waals surface area contributed by atoms with E-state index in [1.807, 2.05) is 38.2 Å². The lowest BCUT2D eigenvalue weighted by Gasteiger charge is -2.31. The lowest BCUT2D eigenvalue weighted by atomic mass is 9.80. The Bertz CT molecular complexity index is 569. The van der Waals surface area contributed by atoms with Crippen molar-refractivity contribution in [3.8, 4) is 0 Å². The summed E-state index contributed by atoms with van der Waals surface area (Å²) < 4.78 is 0. The molecule has 1 aliphatic carbocycles. The first-order valence-electron chi connectivity index (χ1n) is 7.59. The van der Waals surface area contributed by atoms with E-state index in [1.165, 1.54) is 11.6 Å². The number of carboxylic acid groups (broad SMARTS) is 1. The predicted octanol–water partition coefficient (Wildman–Crippen LogP) is 4.33. The molecule has 1 atom stereocenters. The first-order valence-corrected chi connectivity index (χ1v) is 7.59. The summed E-state index contributed by atoms with van der Waals surface area (Å²) in [5.74, 6) is -0.940. The van der Waals surface area contributed by atoms with Crippen molar-refractivity contribution in [1.29, 1.82) is 0 Å². The van der Waals surface area contributed by atoms with Crippen molar-refractivity contribution in [1.82, 2.24) is 0 Å². The second-order valence-electron chi connectivity index (χ2n) is 6.15. The molecule has 0 radical (unpaired) electrons. The molecule has 0 aromatic rings. The molecule has 0 bridgehead atoms. The SMILES string of the molecule is CC1=C(/C=C/C(C)=C/C=C/C(C)=C/C(=O)O)[C@@](C)(O)CCC1. The molecule has 1 aliphatic rings. The van der Waals surface area contributed by atoms with Crippen LogP contribution in [-0.2, 0) is 4.79 Å². The fourth-order valence-corrected chi connectivity index (χ4v) is 2.61. The van der Waals surface area contributed by atoms with E-state index in [2.05, 4.69) is 6.92 Å². The third-order valence-electron chi connectivity index (χ3n) is 3.84. The zero-order valence-electron chi connectivity index (χ0n) is 13.9. The Hall–Kier alpha value is -1.87. The van der Waals surface area contributed by atoms with Gasteiger partial charge >= 0.3 is 5.97 Å². The zero-order valence-corrected chi connectivity index (χ0v) is 13.9. The van der Waals surface area contributed by atoms with Gasteiger partial charge in [0, 0.05) is 6.08 Å². The molecular formula is C19H26O3. The molecule has 0 aromatic heterocycles. The Balaban J connectivity index is 2.79. The Kier molecular flexibility index (Phi) is 6.57. The van der Waals surface area contributed by atoms with Gasteiger partial charge in [-0.3, -0.25) is 0 Å². The van der Waals surface area contributed by atoms with Crippen LogP contribution in [0.3, 0.4) is 0 Å². The Labute approximate surface area is 133 Å². The summed E-state index contributed by atoms with van der Waals surface area (Å²) in [7, 11) is 0. The van der Waals surface area contributed by atoms with Crippen LogP contribution in [-0.4, -0.2) is 21.8 Å². The number of aliphatic carboxylic acids is 1. The fraction of sp³-hybridized carbons (Fsp3) is 0.421. The van der Waals surface area contributed by atoms with Gasteiger partial charge < -0.3 is 10.2 Å². The maximum atomic E-state index is 10.5. The van der Waals surface area contributed by atoms with Gasteiger partial charge in [-0.15, -0.1) is 0 Å². The quantitative estimate of drug-likeness (QED) is 0.587. The van der Waals surface area contributed by atoms with Gasteiger partial charge in [0.15, 0.2) is 0 Å². The van der Waals surface area contributed by atoms with E-state index in [0.29, 0.717) is 5.57 Å². The maximum absolute atomic E-state index is 10.5. The number of hydrogen-bond donors (Lipinski definition) is 2. The van der Waals surface area contributed by atoms with Crippen molar-refractivity contribution in [2.75, 3.05) is 0 Å². The van der Waals surface area contributed by atoms with E-state index in [1.54, 1.807) is 13.0 Å². The second kappa shape index (κ2) is 7.95. The van der Waals surface area contributed by atoms with Crippen molar-refractivity contribution in [3.63, 3.8) is 0 Å². The Morgan fingerprint density at radius 2 is 1.91 bits per heavy atom. The molecule has 0 aromatic carbocycles. The first kappa shape index (κ1) is 18.2. The van der Waals surface area contributed by atoms with Gasteiger partial charge in [0.05, 0.1) is 5.60 Å². The molecule has 0 spiro atoms. The third kappa shape index (κ3) is 5.86. The van der Waals surface area contributed by atoms with Crippen LogP contribution in [0.1, 0.15) is 47.0 Å². The van der Waals surface area contributed by atoms with Gasteiger partial charge in [-0.2, -0.15) is 0 Å². The van der Waals surface area contributed by atoms with Crippen LogP contribution in [0, 0.1) is 0 Å². The van der Waals surface area contributed by atoms with E-state index in [4.69, 9.17) is 5.11 Å². The summed E-state index contributed by atoms with van der Waals surface area (Å²) in [5.41, 5.74) is 3.25. The van der Waals surface area contributed by atoms with Gasteiger partial charge in [0.25, 0.3) is 0 Å². The minimum Gasteiger partial charge on any atom is -0.478 e. The van der Waals surface area contributed by atoms with Crippen LogP contribution in [0.4, 0.5) is 0 Å². The van der Waals surface area contributed by atoms with Gasteiger partial charge in [-0.05, 0) is 58.1 Å². The smallest absolute Gasteiger partial charge is 0.328 e. The molecule has 120 valence electrons. The van der Waals surface area contributed by atoms with Crippen LogP contribution >= 0.6 is 0 Å². The monoisotopic (exact) mass is 302 g/mol. The highest BCUT2D eigenvalue weighted by Gasteiger charge is 2.28. The summed E-state index contributed by atoms with van der Waals surface area (Å²) >= 11 is 0. The molecule has 0 fully saturated rings. The van der Waals surface area contributed by atoms with E-state index in [0.717, 1.165) is 30.4 Å². The van der Waals surface area contributed by atoms with Crippen LogP contribution in [0.5, 0.6) is 0 Å². The summed E-state index contributed by atoms with van der Waals surface area (Å²) in [4.78, 5) is 10.5. The fourth-order valence-electron chi connectivity index (χ4n) is 2.61. The molecule has 3 heteroatoms. The number of aliphatic hydroxyl groups is 1. The second-order valence-corrected chi connectivity index (χ2v) is 6.15. The summed E-state index contributed by atoms with van der Waals surface area (Å²) in [6.45, 7) is 7.67. The first-order chi connectivity index (χ1) is 10.2. The van der Waals surface area contributed by atoms with Crippen molar-refractivity contribution in [2.24, 2.45) is 0 Å². The van der Waals surface area contributed by atoms with Gasteiger partial charge in [-0.1, -0.05) is 41.5 Å². The normalized spacial score (nSPS) is 24.6. The largest absolute Gasteiger partial charge is 0.478 e. The average Bonchev–Trinajstić information content (AvgIpc) is 2.36. The summed E-state index contributed by atoms with van der Waals surface area (Å²) in [6.07, 6.45) is 13.5. The molecule has 22 heavy (non-hydrogen) atoms. The molecule has 3 nitrogen and oxygen atoms in total. The number of rotatable bonds is 5. The van der Waals surface area contributed by atoms with Crippen LogP contribution in [0.25, 0.3) is 0 Å². The lowest BCUT2D eigenvalue weighted by Crippen LogP contribution is -2.29. The van der Waals surface area contributed by atoms with Crippen molar-refractivity contribution < 1.29 is 15.0 Å². The molecule has 0 amide bonds. The standard InChI is InChI=1S/C19H26O3/c1-14(7-5-8-15(2)13-18(20)21)10-11-17-16(3)9-6-12-19(17,4)22/h5,7-8,10-11,13,22H,6,9,12H2,1-4H3,(H,20,21)/b8-5+,11-10+,14-7+,15-13+/t19-/m0/s1. The lowest BCUT2D eigenvalue weighted by molar-refractivity contribution is -0.131. The van der Waals surface area contributed by atoms with Crippen LogP contribution < -0.4 is 0 Å². The molecule has 1 rings (SSSR count). The molecule has 0 saturated heterocycles. The molecule has 0 aliphatic heterocycles. The number of carboxylic acids is 1. The minimum absolute atomic E-state index is 0.689. The number of carbonyl (C=O) groups is 1. The third-order valence-corrected chi connectivity index (χ3v) is 3.84.